The molecule has 0 fully saturated rings. The molecular weight excluding hydrogens is 434 g/mol. The summed E-state index contributed by atoms with van der Waals surface area (Å²) < 4.78 is 117. The lowest BCUT2D eigenvalue weighted by Gasteiger charge is -2.35. The summed E-state index contributed by atoms with van der Waals surface area (Å²) in [4.78, 5) is -2.18. The average Bonchev–Trinajstić information content (AvgIpc) is 2.60. The molecule has 0 aliphatic carbocycles. The predicted molar refractivity (Wildman–Crippen MR) is 90.2 cm³/mol. The Morgan fingerprint density at radius 3 is 2.14 bits per heavy atom. The Balaban J connectivity index is 3.16. The van der Waals surface area contributed by atoms with Crippen LogP contribution in [0.5, 0.6) is 0 Å². The van der Waals surface area contributed by atoms with Crippen LogP contribution in [0.15, 0.2) is 35.7 Å². The molecule has 11 heteroatoms. The highest BCUT2D eigenvalue weighted by Gasteiger charge is 2.58. The van der Waals surface area contributed by atoms with E-state index in [0.29, 0.717) is 6.92 Å². The first kappa shape index (κ1) is 22.3. The van der Waals surface area contributed by atoms with E-state index in [1.54, 1.807) is 0 Å². The molecule has 0 heterocycles. The first-order valence-electron chi connectivity index (χ1n) is 7.31. The smallest absolute Gasteiger partial charge is 0.282 e. The minimum absolute atomic E-state index is 0.149. The number of hydrogen-bond acceptors (Lipinski definition) is 2. The zero-order valence-electron chi connectivity index (χ0n) is 13.9. The van der Waals surface area contributed by atoms with Crippen LogP contribution in [-0.2, 0) is 15.5 Å². The van der Waals surface area contributed by atoms with Crippen LogP contribution in [0.2, 0.25) is 5.02 Å². The minimum Gasteiger partial charge on any atom is -0.282 e. The fraction of sp³-hybridized carbons (Fsp3) is 0.176. The van der Waals surface area contributed by atoms with Crippen LogP contribution in [-0.4, -0.2) is 19.1 Å². The van der Waals surface area contributed by atoms with E-state index in [0.717, 1.165) is 18.2 Å². The second-order valence-corrected chi connectivity index (χ2v) is 7.62. The SMILES string of the molecule is C=Cc1cccc(C(C)(c2c(F)c(Cl)c(F)c(F)c2S(=O)(=O)O)C(F)(F)F)c1. The Bertz CT molecular complexity index is 1070. The lowest BCUT2D eigenvalue weighted by molar-refractivity contribution is -0.174. The van der Waals surface area contributed by atoms with Gasteiger partial charge in [-0.05, 0) is 18.1 Å². The van der Waals surface area contributed by atoms with Gasteiger partial charge < -0.3 is 0 Å². The number of hydrogen-bond donors (Lipinski definition) is 1. The van der Waals surface area contributed by atoms with Crippen molar-refractivity contribution in [1.29, 1.82) is 0 Å². The van der Waals surface area contributed by atoms with Gasteiger partial charge in [-0.1, -0.05) is 48.5 Å². The monoisotopic (exact) mass is 444 g/mol. The second-order valence-electron chi connectivity index (χ2n) is 5.89. The molecule has 0 saturated carbocycles. The van der Waals surface area contributed by atoms with Crippen LogP contribution in [0, 0.1) is 17.5 Å². The van der Waals surface area contributed by atoms with E-state index in [2.05, 4.69) is 6.58 Å². The van der Waals surface area contributed by atoms with E-state index < -0.39 is 60.2 Å². The Kier molecular flexibility index (Phi) is 5.63. The molecule has 0 aromatic heterocycles. The van der Waals surface area contributed by atoms with Crippen LogP contribution in [0.4, 0.5) is 26.3 Å². The van der Waals surface area contributed by atoms with E-state index in [1.165, 1.54) is 12.1 Å². The summed E-state index contributed by atoms with van der Waals surface area (Å²) in [6.45, 7) is 3.74. The second kappa shape index (κ2) is 7.09. The van der Waals surface area contributed by atoms with Crippen molar-refractivity contribution in [2.24, 2.45) is 0 Å². The predicted octanol–water partition coefficient (Wildman–Crippen LogP) is 5.52. The molecule has 0 radical (unpaired) electrons. The molecule has 0 amide bonds. The molecule has 1 unspecified atom stereocenters. The quantitative estimate of drug-likeness (QED) is 0.292. The van der Waals surface area contributed by atoms with Gasteiger partial charge in [0.05, 0.1) is 0 Å². The van der Waals surface area contributed by atoms with Crippen molar-refractivity contribution in [3.05, 3.63) is 70.0 Å². The van der Waals surface area contributed by atoms with Crippen molar-refractivity contribution in [3.8, 4) is 0 Å². The van der Waals surface area contributed by atoms with Crippen molar-refractivity contribution in [3.63, 3.8) is 0 Å². The van der Waals surface area contributed by atoms with Crippen molar-refractivity contribution in [1.82, 2.24) is 0 Å². The van der Waals surface area contributed by atoms with E-state index in [4.69, 9.17) is 11.6 Å². The zero-order valence-corrected chi connectivity index (χ0v) is 15.5. The third-order valence-electron chi connectivity index (χ3n) is 4.25. The Morgan fingerprint density at radius 1 is 1.11 bits per heavy atom. The van der Waals surface area contributed by atoms with Gasteiger partial charge in [-0.2, -0.15) is 21.6 Å². The molecule has 1 atom stereocenters. The zero-order chi connectivity index (χ0) is 21.7. The molecule has 0 bridgehead atoms. The third kappa shape index (κ3) is 3.40. The number of rotatable bonds is 4. The molecule has 0 aliphatic rings. The highest BCUT2D eigenvalue weighted by molar-refractivity contribution is 7.85. The van der Waals surface area contributed by atoms with Gasteiger partial charge in [-0.15, -0.1) is 0 Å². The maximum Gasteiger partial charge on any atom is 0.402 e. The van der Waals surface area contributed by atoms with Gasteiger partial charge in [0.25, 0.3) is 10.1 Å². The van der Waals surface area contributed by atoms with Crippen molar-refractivity contribution in [2.75, 3.05) is 0 Å². The molecule has 2 aromatic rings. The van der Waals surface area contributed by atoms with Crippen molar-refractivity contribution < 1.29 is 39.3 Å². The molecule has 28 heavy (non-hydrogen) atoms. The van der Waals surface area contributed by atoms with Gasteiger partial charge in [0.2, 0.25) is 0 Å². The molecule has 0 saturated heterocycles. The van der Waals surface area contributed by atoms with E-state index in [9.17, 15) is 39.3 Å². The lowest BCUT2D eigenvalue weighted by Crippen LogP contribution is -2.43. The van der Waals surface area contributed by atoms with Crippen LogP contribution in [0.1, 0.15) is 23.6 Å². The van der Waals surface area contributed by atoms with Gasteiger partial charge in [-0.25, -0.2) is 13.2 Å². The molecule has 3 nitrogen and oxygen atoms in total. The maximum atomic E-state index is 14.7. The Morgan fingerprint density at radius 2 is 1.68 bits per heavy atom. The highest BCUT2D eigenvalue weighted by atomic mass is 35.5. The van der Waals surface area contributed by atoms with E-state index >= 15 is 0 Å². The molecule has 2 rings (SSSR count). The first-order chi connectivity index (χ1) is 12.7. The van der Waals surface area contributed by atoms with Crippen LogP contribution in [0.25, 0.3) is 6.08 Å². The van der Waals surface area contributed by atoms with Gasteiger partial charge in [0, 0.05) is 5.56 Å². The molecule has 2 aromatic carbocycles. The molecular formula is C17H11ClF6O3S. The van der Waals surface area contributed by atoms with Gasteiger partial charge >= 0.3 is 6.18 Å². The van der Waals surface area contributed by atoms with Gasteiger partial charge in [-0.3, -0.25) is 4.55 Å². The van der Waals surface area contributed by atoms with Gasteiger partial charge in [0.1, 0.15) is 15.3 Å². The molecule has 152 valence electrons. The summed E-state index contributed by atoms with van der Waals surface area (Å²) in [6.07, 6.45) is -4.25. The van der Waals surface area contributed by atoms with Gasteiger partial charge in [0.15, 0.2) is 17.5 Å². The molecule has 0 spiro atoms. The van der Waals surface area contributed by atoms with Crippen molar-refractivity contribution in [2.45, 2.75) is 23.4 Å². The number of halogens is 7. The first-order valence-corrected chi connectivity index (χ1v) is 9.13. The summed E-state index contributed by atoms with van der Waals surface area (Å²) >= 11 is 5.26. The van der Waals surface area contributed by atoms with Crippen molar-refractivity contribution >= 4 is 27.8 Å². The van der Waals surface area contributed by atoms with E-state index in [1.807, 2.05) is 0 Å². The third-order valence-corrected chi connectivity index (χ3v) is 5.48. The normalized spacial score (nSPS) is 14.6. The van der Waals surface area contributed by atoms with Crippen LogP contribution >= 0.6 is 11.6 Å². The summed E-state index contributed by atoms with van der Waals surface area (Å²) in [5.74, 6) is -6.85. The summed E-state index contributed by atoms with van der Waals surface area (Å²) in [5.41, 5.74) is -5.97. The average molecular weight is 445 g/mol. The summed E-state index contributed by atoms with van der Waals surface area (Å²) in [6, 6.07) is 4.28. The standard InChI is InChI=1S/C17H11ClF6O3S/c1-3-8-5-4-6-9(7-8)16(2,17(22,23)24)10-12(19)11(18)13(20)14(21)15(10)28(25,26)27/h3-7H,1H2,2H3,(H,25,26,27). The fourth-order valence-corrected chi connectivity index (χ4v) is 3.77. The Hall–Kier alpha value is -2.04. The number of alkyl halides is 3. The molecule has 0 aliphatic heterocycles. The molecule has 1 N–H and O–H groups in total. The van der Waals surface area contributed by atoms with Crippen LogP contribution in [0.3, 0.4) is 0 Å². The van der Waals surface area contributed by atoms with E-state index in [-0.39, 0.29) is 5.56 Å². The maximum absolute atomic E-state index is 14.7. The Labute approximate surface area is 161 Å². The largest absolute Gasteiger partial charge is 0.402 e. The number of benzene rings is 2. The topological polar surface area (TPSA) is 54.4 Å². The minimum atomic E-state index is -5.83. The highest BCUT2D eigenvalue weighted by Crippen LogP contribution is 2.51. The summed E-state index contributed by atoms with van der Waals surface area (Å²) in [5, 5.41) is -1.68. The van der Waals surface area contributed by atoms with Crippen LogP contribution < -0.4 is 0 Å². The fourth-order valence-electron chi connectivity index (χ4n) is 2.73. The summed E-state index contributed by atoms with van der Waals surface area (Å²) in [7, 11) is -5.83. The lowest BCUT2D eigenvalue weighted by atomic mass is 9.74.